The number of carbonyl (C=O) groups excluding carboxylic acids is 2. The van der Waals surface area contributed by atoms with Crippen LogP contribution >= 0.6 is 0 Å². The fourth-order valence-electron chi connectivity index (χ4n) is 5.33. The van der Waals surface area contributed by atoms with E-state index in [-0.39, 0.29) is 32.4 Å². The molecule has 1 atom stereocenters. The highest BCUT2D eigenvalue weighted by Gasteiger charge is 2.20. The van der Waals surface area contributed by atoms with Crippen LogP contribution in [0.1, 0.15) is 42.1 Å². The molecule has 270 valence electrons. The van der Waals surface area contributed by atoms with Gasteiger partial charge in [0.05, 0.1) is 47.1 Å². The number of ether oxygens (including phenoxy) is 2. The zero-order valence-electron chi connectivity index (χ0n) is 27.5. The predicted octanol–water partition coefficient (Wildman–Crippen LogP) is 3.17. The smallest absolute Gasteiger partial charge is 0.305 e. The molecule has 0 radical (unpaired) electrons. The number of aromatic nitrogens is 6. The minimum Gasteiger partial charge on any atom is -0.465 e. The van der Waals surface area contributed by atoms with E-state index in [2.05, 4.69) is 40.6 Å². The minimum absolute atomic E-state index is 0.0343. The van der Waals surface area contributed by atoms with Gasteiger partial charge in [-0.1, -0.05) is 54.6 Å². The van der Waals surface area contributed by atoms with Gasteiger partial charge in [0.1, 0.15) is 19.3 Å². The monoisotopic (exact) mass is 707 g/mol. The van der Waals surface area contributed by atoms with E-state index in [9.17, 15) is 9.59 Å². The summed E-state index contributed by atoms with van der Waals surface area (Å²) in [5.74, 6) is -0.466. The van der Waals surface area contributed by atoms with Crippen molar-refractivity contribution in [1.29, 1.82) is 0 Å². The Balaban J connectivity index is 1.21. The van der Waals surface area contributed by atoms with Crippen LogP contribution in [0.3, 0.4) is 0 Å². The van der Waals surface area contributed by atoms with Crippen molar-refractivity contribution < 1.29 is 49.6 Å². The molecule has 5 rings (SSSR count). The van der Waals surface area contributed by atoms with E-state index in [1.165, 1.54) is 0 Å². The summed E-state index contributed by atoms with van der Waals surface area (Å²) in [6, 6.07) is 21.3. The van der Waals surface area contributed by atoms with Gasteiger partial charge < -0.3 is 14.8 Å². The Kier molecular flexibility index (Phi) is 13.0. The highest BCUT2D eigenvalue weighted by molar-refractivity contribution is 6.05. The molecular weight excluding hydrogens is 670 g/mol. The van der Waals surface area contributed by atoms with Gasteiger partial charge in [0.25, 0.3) is 11.9 Å². The molecule has 2 heterocycles. The lowest BCUT2D eigenvalue weighted by atomic mass is 9.98. The molecule has 0 aliphatic rings. The second-order valence-electron chi connectivity index (χ2n) is 11.0. The molecule has 1 amide bonds. The Morgan fingerprint density at radius 2 is 1.76 bits per heavy atom. The van der Waals surface area contributed by atoms with Crippen LogP contribution in [0.25, 0.3) is 33.5 Å². The summed E-state index contributed by atoms with van der Waals surface area (Å²) in [5, 5.41) is 51.1. The van der Waals surface area contributed by atoms with Crippen molar-refractivity contribution in [2.75, 3.05) is 26.4 Å². The number of esters is 1. The molecule has 2 aromatic heterocycles. The number of hydrogen-bond donors (Lipinski definition) is 6. The fraction of sp³-hybridized carbons (Fsp3) is 0.312. The second-order valence-corrected chi connectivity index (χ2v) is 11.0. The average molecular weight is 708 g/mol. The molecule has 0 bridgehead atoms. The first-order chi connectivity index (χ1) is 24.7. The van der Waals surface area contributed by atoms with Crippen LogP contribution in [-0.4, -0.2) is 106 Å². The van der Waals surface area contributed by atoms with Crippen molar-refractivity contribution in [3.63, 3.8) is 0 Å². The summed E-state index contributed by atoms with van der Waals surface area (Å²) in [6.45, 7) is 2.08. The van der Waals surface area contributed by atoms with Gasteiger partial charge in [0, 0.05) is 12.0 Å². The van der Waals surface area contributed by atoms with Gasteiger partial charge in [-0.3, -0.25) is 35.0 Å². The van der Waals surface area contributed by atoms with Gasteiger partial charge >= 0.3 is 5.97 Å². The predicted molar refractivity (Wildman–Crippen MR) is 174 cm³/mol. The summed E-state index contributed by atoms with van der Waals surface area (Å²) in [6.07, 6.45) is -0.802. The zero-order chi connectivity index (χ0) is 36.2. The lowest BCUT2D eigenvalue weighted by Gasteiger charge is -2.18. The lowest BCUT2D eigenvalue weighted by molar-refractivity contribution is -0.527. The number of hydrogen-bond acceptors (Lipinski definition) is 16. The number of rotatable bonds is 19. The Bertz CT molecular complexity index is 1870. The van der Waals surface area contributed by atoms with Gasteiger partial charge in [-0.15, -0.1) is 10.2 Å². The maximum atomic E-state index is 13.4. The molecule has 6 N–H and O–H groups in total. The number of carbonyl (C=O) groups is 2. The highest BCUT2D eigenvalue weighted by atomic mass is 17.1. The molecule has 5 aromatic rings. The summed E-state index contributed by atoms with van der Waals surface area (Å²) < 4.78 is 12.9. The van der Waals surface area contributed by atoms with Crippen LogP contribution in [0.15, 0.2) is 66.7 Å². The number of aromatic amines is 1. The number of imidazole rings is 1. The number of tetrazole rings is 1. The van der Waals surface area contributed by atoms with Crippen molar-refractivity contribution in [2.45, 2.75) is 38.8 Å². The standard InChI is InChI=1S/C32H37N9O10/c1-2-48-32-34-27-11-6-10-26(31(43)33-17-18-49-28(42)12-5-7-23(51-41(46)47)20-50-40(44)45)29(27)39(32)19-21-13-15-22(16-14-21)24-8-3-4-9-25(24)30-35-37-38-36-30/h3-4,6,8-11,13-16,23,44-47H,2,5,7,12,17-20H2,1H3,(H,33,43)(H,35,36,37,38). The molecule has 19 heteroatoms. The summed E-state index contributed by atoms with van der Waals surface area (Å²) in [4.78, 5) is 39.3. The first kappa shape index (κ1) is 36.9. The fourth-order valence-corrected chi connectivity index (χ4v) is 5.33. The Morgan fingerprint density at radius 1 is 0.980 bits per heavy atom. The van der Waals surface area contributed by atoms with Crippen LogP contribution in [0.5, 0.6) is 6.01 Å². The van der Waals surface area contributed by atoms with Crippen LogP contribution < -0.4 is 10.1 Å². The summed E-state index contributed by atoms with van der Waals surface area (Å²) in [7, 11) is 0. The molecule has 0 saturated carbocycles. The molecule has 51 heavy (non-hydrogen) atoms. The van der Waals surface area contributed by atoms with E-state index in [0.29, 0.717) is 41.6 Å². The Morgan fingerprint density at radius 3 is 2.47 bits per heavy atom. The SMILES string of the molecule is CCOc1nc2cccc(C(=O)NCCOC(=O)CCCC(CON(O)O)ON(O)O)c2n1Cc1ccc(-c2ccccc2-c2nn[nH]n2)cc1. The van der Waals surface area contributed by atoms with Gasteiger partial charge in [0.15, 0.2) is 0 Å². The maximum Gasteiger partial charge on any atom is 0.305 e. The van der Waals surface area contributed by atoms with Gasteiger partial charge in [-0.25, -0.2) is 9.68 Å². The van der Waals surface area contributed by atoms with Crippen molar-refractivity contribution >= 4 is 22.9 Å². The first-order valence-electron chi connectivity index (χ1n) is 15.9. The van der Waals surface area contributed by atoms with Crippen molar-refractivity contribution in [2.24, 2.45) is 0 Å². The van der Waals surface area contributed by atoms with E-state index < -0.39 is 35.4 Å². The summed E-state index contributed by atoms with van der Waals surface area (Å²) >= 11 is 0. The molecule has 0 aliphatic heterocycles. The van der Waals surface area contributed by atoms with Crippen molar-refractivity contribution in [3.8, 4) is 28.5 Å². The van der Waals surface area contributed by atoms with E-state index in [4.69, 9.17) is 30.3 Å². The molecular formula is C32H37N9O10. The van der Waals surface area contributed by atoms with Crippen molar-refractivity contribution in [1.82, 2.24) is 46.3 Å². The molecule has 1 unspecified atom stereocenters. The minimum atomic E-state index is -1.02. The third kappa shape index (κ3) is 10.1. The quantitative estimate of drug-likeness (QED) is 0.0410. The number of nitrogens with zero attached hydrogens (tertiary/aromatic N) is 7. The molecule has 19 nitrogen and oxygen atoms in total. The Labute approximate surface area is 290 Å². The van der Waals surface area contributed by atoms with E-state index in [1.807, 2.05) is 60.0 Å². The molecule has 0 fully saturated rings. The third-order valence-electron chi connectivity index (χ3n) is 7.55. The van der Waals surface area contributed by atoms with Gasteiger partial charge in [0.2, 0.25) is 5.82 Å². The third-order valence-corrected chi connectivity index (χ3v) is 7.55. The van der Waals surface area contributed by atoms with E-state index >= 15 is 0 Å². The van der Waals surface area contributed by atoms with Gasteiger partial charge in [-0.05, 0) is 53.8 Å². The highest BCUT2D eigenvalue weighted by Crippen LogP contribution is 2.31. The number of amides is 1. The van der Waals surface area contributed by atoms with Crippen LogP contribution in [0.4, 0.5) is 0 Å². The largest absolute Gasteiger partial charge is 0.465 e. The van der Waals surface area contributed by atoms with E-state index in [0.717, 1.165) is 22.3 Å². The zero-order valence-corrected chi connectivity index (χ0v) is 27.5. The molecule has 0 aliphatic carbocycles. The van der Waals surface area contributed by atoms with Gasteiger partial charge in [-0.2, -0.15) is 10.2 Å². The lowest BCUT2D eigenvalue weighted by Crippen LogP contribution is -2.31. The number of nitrogens with one attached hydrogen (secondary N) is 2. The van der Waals surface area contributed by atoms with Crippen LogP contribution in [-0.2, 0) is 25.8 Å². The topological polar surface area (TPSA) is 243 Å². The number of fused-ring (bicyclic) bond motifs is 1. The van der Waals surface area contributed by atoms with Crippen LogP contribution in [0.2, 0.25) is 0 Å². The molecule has 0 saturated heterocycles. The summed E-state index contributed by atoms with van der Waals surface area (Å²) in [5.41, 5.74) is 5.21. The van der Waals surface area contributed by atoms with Crippen LogP contribution in [0, 0.1) is 0 Å². The molecule has 0 spiro atoms. The van der Waals surface area contributed by atoms with E-state index in [1.54, 1.807) is 18.2 Å². The van der Waals surface area contributed by atoms with Crippen molar-refractivity contribution in [3.05, 3.63) is 77.9 Å². The number of para-hydroxylation sites is 1. The average Bonchev–Trinajstić information content (AvgIpc) is 3.78. The first-order valence-corrected chi connectivity index (χ1v) is 15.9. The Hall–Kier alpha value is -5.38. The maximum absolute atomic E-state index is 13.4. The number of benzene rings is 3. The second kappa shape index (κ2) is 18.0. The normalized spacial score (nSPS) is 12.1. The number of H-pyrrole nitrogens is 1. The molecule has 3 aromatic carbocycles.